The van der Waals surface area contributed by atoms with Crippen molar-refractivity contribution in [2.75, 3.05) is 0 Å². The molecular weight excluding hydrogens is 505 g/mol. The van der Waals surface area contributed by atoms with Crippen LogP contribution >= 0.6 is 22.6 Å². The molecule has 3 aromatic carbocycles. The molecule has 0 bridgehead atoms. The Hall–Kier alpha value is -3.33. The SMILES string of the molecule is Cc1ccc(-n2c(/C=C/c3ccc([N+](=O)[O-])cc3)nc3ccc(I)cc3c2=O)c(C)c1. The number of non-ortho nitro benzene ring substituents is 1. The third-order valence-corrected chi connectivity index (χ3v) is 5.65. The molecule has 0 unspecified atom stereocenters. The molecular formula is C24H18IN3O3. The summed E-state index contributed by atoms with van der Waals surface area (Å²) in [6.07, 6.45) is 3.56. The van der Waals surface area contributed by atoms with Crippen molar-refractivity contribution >= 4 is 51.3 Å². The maximum Gasteiger partial charge on any atom is 0.269 e. The Balaban J connectivity index is 1.91. The van der Waals surface area contributed by atoms with Gasteiger partial charge in [0, 0.05) is 15.7 Å². The number of nitrogens with zero attached hydrogens (tertiary/aromatic N) is 3. The van der Waals surface area contributed by atoms with Crippen molar-refractivity contribution in [3.05, 3.63) is 107 Å². The molecule has 1 heterocycles. The van der Waals surface area contributed by atoms with Crippen LogP contribution in [0, 0.1) is 27.5 Å². The van der Waals surface area contributed by atoms with Gasteiger partial charge in [0.2, 0.25) is 0 Å². The molecule has 0 spiro atoms. The van der Waals surface area contributed by atoms with Crippen molar-refractivity contribution in [2.45, 2.75) is 13.8 Å². The van der Waals surface area contributed by atoms with Crippen molar-refractivity contribution < 1.29 is 4.92 Å². The fourth-order valence-corrected chi connectivity index (χ4v) is 3.94. The molecule has 0 amide bonds. The first-order valence-corrected chi connectivity index (χ1v) is 10.6. The zero-order chi connectivity index (χ0) is 22.1. The standard InChI is InChI=1S/C24H18IN3O3/c1-15-3-11-22(16(2)13-15)27-23(12-6-17-4-8-19(9-5-17)28(30)31)26-21-10-7-18(25)14-20(21)24(27)29/h3-14H,1-2H3/b12-6+. The van der Waals surface area contributed by atoms with Crippen LogP contribution in [0.5, 0.6) is 0 Å². The highest BCUT2D eigenvalue weighted by atomic mass is 127. The van der Waals surface area contributed by atoms with E-state index in [4.69, 9.17) is 4.98 Å². The van der Waals surface area contributed by atoms with Gasteiger partial charge in [-0.1, -0.05) is 23.8 Å². The molecule has 0 aliphatic carbocycles. The van der Waals surface area contributed by atoms with Crippen LogP contribution in [0.25, 0.3) is 28.7 Å². The number of aromatic nitrogens is 2. The molecule has 7 heteroatoms. The number of benzene rings is 3. The molecule has 4 rings (SSSR count). The summed E-state index contributed by atoms with van der Waals surface area (Å²) in [7, 11) is 0. The van der Waals surface area contributed by atoms with Gasteiger partial charge in [-0.05, 0) is 90.0 Å². The summed E-state index contributed by atoms with van der Waals surface area (Å²) in [4.78, 5) is 28.7. The van der Waals surface area contributed by atoms with Gasteiger partial charge < -0.3 is 0 Å². The number of halogens is 1. The predicted molar refractivity (Wildman–Crippen MR) is 132 cm³/mol. The summed E-state index contributed by atoms with van der Waals surface area (Å²) in [6.45, 7) is 3.98. The van der Waals surface area contributed by atoms with E-state index in [-0.39, 0.29) is 11.2 Å². The van der Waals surface area contributed by atoms with Crippen LogP contribution in [-0.2, 0) is 0 Å². The van der Waals surface area contributed by atoms with E-state index in [1.165, 1.54) is 12.1 Å². The molecule has 6 nitrogen and oxygen atoms in total. The van der Waals surface area contributed by atoms with Crippen LogP contribution in [0.3, 0.4) is 0 Å². The monoisotopic (exact) mass is 523 g/mol. The lowest BCUT2D eigenvalue weighted by Crippen LogP contribution is -2.23. The fourth-order valence-electron chi connectivity index (χ4n) is 3.45. The highest BCUT2D eigenvalue weighted by Gasteiger charge is 2.13. The van der Waals surface area contributed by atoms with Crippen molar-refractivity contribution in [2.24, 2.45) is 0 Å². The number of fused-ring (bicyclic) bond motifs is 1. The zero-order valence-electron chi connectivity index (χ0n) is 16.9. The Labute approximate surface area is 192 Å². The largest absolute Gasteiger partial charge is 0.269 e. The van der Waals surface area contributed by atoms with Gasteiger partial charge in [-0.3, -0.25) is 19.5 Å². The van der Waals surface area contributed by atoms with Crippen molar-refractivity contribution in [1.29, 1.82) is 0 Å². The highest BCUT2D eigenvalue weighted by molar-refractivity contribution is 14.1. The Kier molecular flexibility index (Phi) is 5.69. The Morgan fingerprint density at radius 2 is 1.74 bits per heavy atom. The third-order valence-electron chi connectivity index (χ3n) is 4.98. The van der Waals surface area contributed by atoms with Gasteiger partial charge in [0.1, 0.15) is 5.82 Å². The molecule has 0 atom stereocenters. The van der Waals surface area contributed by atoms with E-state index in [1.54, 1.807) is 28.9 Å². The van der Waals surface area contributed by atoms with Crippen LogP contribution in [-0.4, -0.2) is 14.5 Å². The predicted octanol–water partition coefficient (Wildman–Crippen LogP) is 5.69. The van der Waals surface area contributed by atoms with Crippen LogP contribution in [0.15, 0.2) is 65.5 Å². The first-order chi connectivity index (χ1) is 14.8. The molecule has 0 aliphatic heterocycles. The second-order valence-corrected chi connectivity index (χ2v) is 8.49. The van der Waals surface area contributed by atoms with E-state index in [1.807, 2.05) is 50.2 Å². The molecule has 4 aromatic rings. The Morgan fingerprint density at radius 3 is 2.42 bits per heavy atom. The summed E-state index contributed by atoms with van der Waals surface area (Å²) >= 11 is 2.18. The first-order valence-electron chi connectivity index (χ1n) is 9.56. The second kappa shape index (κ2) is 8.43. The summed E-state index contributed by atoms with van der Waals surface area (Å²) in [5, 5.41) is 11.4. The highest BCUT2D eigenvalue weighted by Crippen LogP contribution is 2.21. The quantitative estimate of drug-likeness (QED) is 0.196. The number of rotatable bonds is 4. The smallest absolute Gasteiger partial charge is 0.268 e. The van der Waals surface area contributed by atoms with E-state index in [0.717, 1.165) is 25.9 Å². The van der Waals surface area contributed by atoms with Crippen molar-refractivity contribution in [3.63, 3.8) is 0 Å². The lowest BCUT2D eigenvalue weighted by atomic mass is 10.1. The number of nitro groups is 1. The van der Waals surface area contributed by atoms with Crippen LogP contribution in [0.4, 0.5) is 5.69 Å². The molecule has 0 radical (unpaired) electrons. The fraction of sp³-hybridized carbons (Fsp3) is 0.0833. The third kappa shape index (κ3) is 4.27. The molecule has 1 aromatic heterocycles. The maximum absolute atomic E-state index is 13.5. The van der Waals surface area contributed by atoms with Gasteiger partial charge in [-0.15, -0.1) is 0 Å². The van der Waals surface area contributed by atoms with Gasteiger partial charge in [0.15, 0.2) is 0 Å². The van der Waals surface area contributed by atoms with Gasteiger partial charge in [0.25, 0.3) is 11.2 Å². The lowest BCUT2D eigenvalue weighted by molar-refractivity contribution is -0.384. The van der Waals surface area contributed by atoms with Gasteiger partial charge >= 0.3 is 0 Å². The van der Waals surface area contributed by atoms with E-state index < -0.39 is 4.92 Å². The average molecular weight is 523 g/mol. The average Bonchev–Trinajstić information content (AvgIpc) is 2.74. The van der Waals surface area contributed by atoms with Crippen LogP contribution in [0.2, 0.25) is 0 Å². The second-order valence-electron chi connectivity index (χ2n) is 7.24. The van der Waals surface area contributed by atoms with Crippen LogP contribution < -0.4 is 5.56 Å². The van der Waals surface area contributed by atoms with Crippen LogP contribution in [0.1, 0.15) is 22.5 Å². The van der Waals surface area contributed by atoms with E-state index in [0.29, 0.717) is 16.7 Å². The van der Waals surface area contributed by atoms with E-state index >= 15 is 0 Å². The number of hydrogen-bond donors (Lipinski definition) is 0. The lowest BCUT2D eigenvalue weighted by Gasteiger charge is -2.14. The van der Waals surface area contributed by atoms with Gasteiger partial charge in [-0.25, -0.2) is 4.98 Å². The van der Waals surface area contributed by atoms with E-state index in [9.17, 15) is 14.9 Å². The van der Waals surface area contributed by atoms with Gasteiger partial charge in [0.05, 0.1) is 21.5 Å². The Bertz CT molecular complexity index is 1410. The normalized spacial score (nSPS) is 11.3. The Morgan fingerprint density at radius 1 is 1.00 bits per heavy atom. The van der Waals surface area contributed by atoms with Crippen molar-refractivity contribution in [3.8, 4) is 5.69 Å². The summed E-state index contributed by atoms with van der Waals surface area (Å²) in [6, 6.07) is 17.8. The molecule has 0 saturated carbocycles. The number of aryl methyl sites for hydroxylation is 2. The molecule has 154 valence electrons. The minimum absolute atomic E-state index is 0.0303. The first kappa shape index (κ1) is 20.9. The van der Waals surface area contributed by atoms with Crippen molar-refractivity contribution in [1.82, 2.24) is 9.55 Å². The molecule has 0 aliphatic rings. The van der Waals surface area contributed by atoms with Gasteiger partial charge in [-0.2, -0.15) is 0 Å². The number of hydrogen-bond acceptors (Lipinski definition) is 4. The summed E-state index contributed by atoms with van der Waals surface area (Å²) in [5.41, 5.74) is 4.14. The van der Waals surface area contributed by atoms with E-state index in [2.05, 4.69) is 22.6 Å². The molecule has 31 heavy (non-hydrogen) atoms. The molecule has 0 fully saturated rings. The number of nitro benzene ring substituents is 1. The summed E-state index contributed by atoms with van der Waals surface area (Å²) in [5.74, 6) is 0.490. The maximum atomic E-state index is 13.5. The molecule has 0 N–H and O–H groups in total. The zero-order valence-corrected chi connectivity index (χ0v) is 19.0. The minimum atomic E-state index is -0.433. The summed E-state index contributed by atoms with van der Waals surface area (Å²) < 4.78 is 2.58. The molecule has 0 saturated heterocycles. The topological polar surface area (TPSA) is 78.0 Å². The minimum Gasteiger partial charge on any atom is -0.268 e.